The van der Waals surface area contributed by atoms with Crippen LogP contribution in [-0.4, -0.2) is 31.2 Å². The maximum absolute atomic E-state index is 14.0. The van der Waals surface area contributed by atoms with Crippen LogP contribution < -0.4 is 4.90 Å². The highest BCUT2D eigenvalue weighted by Crippen LogP contribution is 2.32. The number of rotatable bonds is 5. The molecule has 0 saturated carbocycles. The summed E-state index contributed by atoms with van der Waals surface area (Å²) in [6.07, 6.45) is 0. The van der Waals surface area contributed by atoms with E-state index in [1.54, 1.807) is 24.1 Å². The fourth-order valence-electron chi connectivity index (χ4n) is 2.71. The van der Waals surface area contributed by atoms with Gasteiger partial charge in [-0.05, 0) is 30.3 Å². The molecule has 2 aromatic carbocycles. The highest BCUT2D eigenvalue weighted by Gasteiger charge is 2.23. The summed E-state index contributed by atoms with van der Waals surface area (Å²) in [7, 11) is 1.59. The number of carbonyl (C=O) groups is 1. The molecule has 0 bridgehead atoms. The molecule has 132 valence electrons. The Morgan fingerprint density at radius 2 is 1.96 bits per heavy atom. The van der Waals surface area contributed by atoms with Gasteiger partial charge in [0.15, 0.2) is 5.13 Å². The lowest BCUT2D eigenvalue weighted by atomic mass is 10.2. The van der Waals surface area contributed by atoms with Gasteiger partial charge in [-0.2, -0.15) is 0 Å². The van der Waals surface area contributed by atoms with Crippen molar-refractivity contribution in [1.29, 1.82) is 0 Å². The van der Waals surface area contributed by atoms with E-state index in [4.69, 9.17) is 4.74 Å². The first kappa shape index (κ1) is 17.1. The lowest BCUT2D eigenvalue weighted by Gasteiger charge is -2.18. The van der Waals surface area contributed by atoms with Crippen molar-refractivity contribution in [1.82, 2.24) is 4.98 Å². The van der Waals surface area contributed by atoms with Gasteiger partial charge in [-0.25, -0.2) is 9.37 Å². The molecule has 0 atom stereocenters. The predicted molar refractivity (Wildman–Crippen MR) is 105 cm³/mol. The Hall–Kier alpha value is -2.35. The molecule has 2 heterocycles. The number of benzene rings is 2. The number of hydrogen-bond donors (Lipinski definition) is 0. The van der Waals surface area contributed by atoms with Gasteiger partial charge >= 0.3 is 0 Å². The Balaban J connectivity index is 1.74. The van der Waals surface area contributed by atoms with Crippen molar-refractivity contribution in [3.05, 3.63) is 59.2 Å². The number of halogens is 1. The van der Waals surface area contributed by atoms with E-state index in [-0.39, 0.29) is 11.7 Å². The Bertz CT molecular complexity index is 1060. The van der Waals surface area contributed by atoms with Crippen LogP contribution in [0.25, 0.3) is 20.3 Å². The van der Waals surface area contributed by atoms with Crippen LogP contribution in [0, 0.1) is 5.82 Å². The molecular formula is C19H15FN2O2S2. The van der Waals surface area contributed by atoms with Crippen molar-refractivity contribution in [3.8, 4) is 0 Å². The van der Waals surface area contributed by atoms with Gasteiger partial charge in [0, 0.05) is 17.2 Å². The van der Waals surface area contributed by atoms with Crippen molar-refractivity contribution in [3.63, 3.8) is 0 Å². The second kappa shape index (κ2) is 7.11. The van der Waals surface area contributed by atoms with Gasteiger partial charge in [0.05, 0.1) is 28.2 Å². The van der Waals surface area contributed by atoms with Gasteiger partial charge < -0.3 is 4.74 Å². The molecule has 26 heavy (non-hydrogen) atoms. The summed E-state index contributed by atoms with van der Waals surface area (Å²) in [5, 5.41) is 1.09. The minimum atomic E-state index is -0.318. The second-order valence-electron chi connectivity index (χ2n) is 5.68. The molecule has 0 aliphatic heterocycles. The standard InChI is InChI=1S/C19H15FN2O2S2/c1-24-10-9-22(19-21-14-6-2-3-7-16(14)26-19)18(23)17-11-12-13(20)5-4-8-15(12)25-17/h2-8,11H,9-10H2,1H3. The van der Waals surface area contributed by atoms with Crippen LogP contribution >= 0.6 is 22.7 Å². The third-order valence-corrected chi connectivity index (χ3v) is 6.14. The smallest absolute Gasteiger partial charge is 0.270 e. The van der Waals surface area contributed by atoms with Gasteiger partial charge in [0.1, 0.15) is 5.82 Å². The molecule has 0 radical (unpaired) electrons. The molecular weight excluding hydrogens is 371 g/mol. The van der Waals surface area contributed by atoms with Crippen LogP contribution in [0.4, 0.5) is 9.52 Å². The second-order valence-corrected chi connectivity index (χ2v) is 7.77. The third kappa shape index (κ3) is 3.09. The quantitative estimate of drug-likeness (QED) is 0.488. The molecule has 0 aliphatic carbocycles. The lowest BCUT2D eigenvalue weighted by Crippen LogP contribution is -2.33. The molecule has 0 fully saturated rings. The molecule has 0 saturated heterocycles. The summed E-state index contributed by atoms with van der Waals surface area (Å²) in [6.45, 7) is 0.771. The van der Waals surface area contributed by atoms with Gasteiger partial charge in [-0.1, -0.05) is 29.5 Å². The minimum absolute atomic E-state index is 0.193. The highest BCUT2D eigenvalue weighted by atomic mass is 32.1. The highest BCUT2D eigenvalue weighted by molar-refractivity contribution is 7.23. The van der Waals surface area contributed by atoms with Crippen LogP contribution in [0.3, 0.4) is 0 Å². The maximum Gasteiger partial charge on any atom is 0.270 e. The summed E-state index contributed by atoms with van der Waals surface area (Å²) in [5.41, 5.74) is 0.852. The fraction of sp³-hybridized carbons (Fsp3) is 0.158. The summed E-state index contributed by atoms with van der Waals surface area (Å²) >= 11 is 2.75. The zero-order valence-corrected chi connectivity index (χ0v) is 15.6. The molecule has 7 heteroatoms. The van der Waals surface area contributed by atoms with Crippen molar-refractivity contribution in [2.75, 3.05) is 25.2 Å². The first-order chi connectivity index (χ1) is 12.7. The average molecular weight is 386 g/mol. The number of nitrogens with zero attached hydrogens (tertiary/aromatic N) is 2. The van der Waals surface area contributed by atoms with Crippen LogP contribution in [0.5, 0.6) is 0 Å². The predicted octanol–water partition coefficient (Wildman–Crippen LogP) is 4.94. The van der Waals surface area contributed by atoms with Gasteiger partial charge in [0.25, 0.3) is 5.91 Å². The van der Waals surface area contributed by atoms with E-state index in [1.165, 1.54) is 28.7 Å². The van der Waals surface area contributed by atoms with E-state index < -0.39 is 0 Å². The third-order valence-electron chi connectivity index (χ3n) is 4.00. The number of anilines is 1. The summed E-state index contributed by atoms with van der Waals surface area (Å²) in [4.78, 5) is 19.8. The molecule has 4 nitrogen and oxygen atoms in total. The monoisotopic (exact) mass is 386 g/mol. The van der Waals surface area contributed by atoms with Gasteiger partial charge in [-0.15, -0.1) is 11.3 Å². The van der Waals surface area contributed by atoms with E-state index in [9.17, 15) is 9.18 Å². The van der Waals surface area contributed by atoms with E-state index in [0.29, 0.717) is 28.5 Å². The molecule has 1 amide bonds. The van der Waals surface area contributed by atoms with Crippen molar-refractivity contribution in [2.24, 2.45) is 0 Å². The number of hydrogen-bond acceptors (Lipinski definition) is 5. The number of para-hydroxylation sites is 1. The number of carbonyl (C=O) groups excluding carboxylic acids is 1. The largest absolute Gasteiger partial charge is 0.383 e. The van der Waals surface area contributed by atoms with E-state index in [0.717, 1.165) is 14.9 Å². The zero-order chi connectivity index (χ0) is 18.1. The van der Waals surface area contributed by atoms with Crippen molar-refractivity contribution in [2.45, 2.75) is 0 Å². The zero-order valence-electron chi connectivity index (χ0n) is 13.9. The van der Waals surface area contributed by atoms with Crippen molar-refractivity contribution >= 4 is 54.0 Å². The number of ether oxygens (including phenoxy) is 1. The lowest BCUT2D eigenvalue weighted by molar-refractivity contribution is 0.0980. The summed E-state index contributed by atoms with van der Waals surface area (Å²) in [5.74, 6) is -0.511. The number of fused-ring (bicyclic) bond motifs is 2. The Morgan fingerprint density at radius 1 is 1.15 bits per heavy atom. The minimum Gasteiger partial charge on any atom is -0.383 e. The summed E-state index contributed by atoms with van der Waals surface area (Å²) in [6, 6.07) is 14.2. The molecule has 0 unspecified atom stereocenters. The first-order valence-corrected chi connectivity index (χ1v) is 9.65. The van der Waals surface area contributed by atoms with E-state index >= 15 is 0 Å². The number of aromatic nitrogens is 1. The normalized spacial score (nSPS) is 11.3. The maximum atomic E-state index is 14.0. The molecule has 0 spiro atoms. The van der Waals surface area contributed by atoms with E-state index in [1.807, 2.05) is 30.3 Å². The molecule has 2 aromatic heterocycles. The Labute approximate surface area is 157 Å². The van der Waals surface area contributed by atoms with E-state index in [2.05, 4.69) is 4.98 Å². The number of methoxy groups -OCH3 is 1. The molecule has 4 aromatic rings. The number of thiophene rings is 1. The van der Waals surface area contributed by atoms with Crippen molar-refractivity contribution < 1.29 is 13.9 Å². The Morgan fingerprint density at radius 3 is 2.73 bits per heavy atom. The van der Waals surface area contributed by atoms with Crippen LogP contribution in [0.15, 0.2) is 48.5 Å². The van der Waals surface area contributed by atoms with Crippen LogP contribution in [-0.2, 0) is 4.74 Å². The molecule has 0 N–H and O–H groups in total. The number of thiazole rings is 1. The number of amides is 1. The first-order valence-electron chi connectivity index (χ1n) is 8.02. The van der Waals surface area contributed by atoms with Crippen LogP contribution in [0.1, 0.15) is 9.67 Å². The fourth-order valence-corrected chi connectivity index (χ4v) is 4.72. The molecule has 4 rings (SSSR count). The Kier molecular flexibility index (Phi) is 4.67. The average Bonchev–Trinajstić information content (AvgIpc) is 3.26. The molecule has 0 aliphatic rings. The SMILES string of the molecule is COCCN(C(=O)c1cc2c(F)cccc2s1)c1nc2ccccc2s1. The summed E-state index contributed by atoms with van der Waals surface area (Å²) < 4.78 is 20.9. The van der Waals surface area contributed by atoms with Crippen LogP contribution in [0.2, 0.25) is 0 Å². The van der Waals surface area contributed by atoms with Gasteiger partial charge in [-0.3, -0.25) is 9.69 Å². The van der Waals surface area contributed by atoms with Gasteiger partial charge in [0.2, 0.25) is 0 Å². The topological polar surface area (TPSA) is 42.4 Å².